The van der Waals surface area contributed by atoms with E-state index in [1.165, 1.54) is 10.5 Å². The van der Waals surface area contributed by atoms with Crippen LogP contribution in [0.1, 0.15) is 47.1 Å². The van der Waals surface area contributed by atoms with Crippen LogP contribution in [0.25, 0.3) is 22.6 Å². The molecule has 148 valence electrons. The topological polar surface area (TPSA) is 63.4 Å². The molecule has 0 atom stereocenters. The van der Waals surface area contributed by atoms with Crippen LogP contribution in [0.5, 0.6) is 0 Å². The number of amides is 2. The molecule has 0 aliphatic carbocycles. The smallest absolute Gasteiger partial charge is 0.266 e. The third-order valence-electron chi connectivity index (χ3n) is 5.40. The first-order chi connectivity index (χ1) is 14.3. The molecule has 30 heavy (non-hydrogen) atoms. The van der Waals surface area contributed by atoms with Crippen molar-refractivity contribution in [3.8, 4) is 11.5 Å². The molecule has 0 saturated heterocycles. The average molecular weight is 396 g/mol. The van der Waals surface area contributed by atoms with Gasteiger partial charge >= 0.3 is 0 Å². The maximum Gasteiger partial charge on any atom is 0.266 e. The van der Waals surface area contributed by atoms with E-state index < -0.39 is 0 Å². The fourth-order valence-electron chi connectivity index (χ4n) is 3.70. The highest BCUT2D eigenvalue weighted by Crippen LogP contribution is 2.33. The molecule has 1 aromatic heterocycles. The fraction of sp³-hybridized carbons (Fsp3) is 0.160. The van der Waals surface area contributed by atoms with Crippen molar-refractivity contribution in [1.29, 1.82) is 0 Å². The molecule has 0 saturated carbocycles. The summed E-state index contributed by atoms with van der Waals surface area (Å²) in [5, 5.41) is 0. The van der Waals surface area contributed by atoms with E-state index in [1.54, 1.807) is 42.5 Å². The van der Waals surface area contributed by atoms with Gasteiger partial charge in [0.25, 0.3) is 11.8 Å². The summed E-state index contributed by atoms with van der Waals surface area (Å²) in [5.74, 6) is -0.230. The minimum absolute atomic E-state index is 0.00848. The molecule has 5 heteroatoms. The van der Waals surface area contributed by atoms with Gasteiger partial charge in [-0.3, -0.25) is 9.59 Å². The minimum Gasteiger partial charge on any atom is -0.436 e. The standard InChI is InChI=1S/C25H20N2O3/c1-25(2,3)16-10-12-21-20(14-16)26-22(30-21)15-9-11-18-19(13-15)24(29)27(23(18)28)17-7-5-4-6-8-17/h4-14H,1-3H3. The molecule has 4 aromatic rings. The fourth-order valence-corrected chi connectivity index (χ4v) is 3.70. The Labute approximate surface area is 174 Å². The van der Waals surface area contributed by atoms with Crippen molar-refractivity contribution in [2.75, 3.05) is 4.90 Å². The Morgan fingerprint density at radius 3 is 2.30 bits per heavy atom. The van der Waals surface area contributed by atoms with E-state index in [1.807, 2.05) is 24.3 Å². The van der Waals surface area contributed by atoms with Crippen LogP contribution in [0.3, 0.4) is 0 Å². The number of fused-ring (bicyclic) bond motifs is 2. The number of hydrogen-bond acceptors (Lipinski definition) is 4. The van der Waals surface area contributed by atoms with E-state index in [9.17, 15) is 9.59 Å². The van der Waals surface area contributed by atoms with Crippen LogP contribution in [-0.4, -0.2) is 16.8 Å². The number of benzene rings is 3. The predicted molar refractivity (Wildman–Crippen MR) is 116 cm³/mol. The Kier molecular flexibility index (Phi) is 3.90. The third-order valence-corrected chi connectivity index (χ3v) is 5.40. The van der Waals surface area contributed by atoms with E-state index in [0.717, 1.165) is 5.52 Å². The van der Waals surface area contributed by atoms with Crippen molar-refractivity contribution < 1.29 is 14.0 Å². The van der Waals surface area contributed by atoms with Crippen LogP contribution in [0, 0.1) is 0 Å². The summed E-state index contributed by atoms with van der Waals surface area (Å²) in [6.07, 6.45) is 0. The zero-order valence-corrected chi connectivity index (χ0v) is 17.0. The summed E-state index contributed by atoms with van der Waals surface area (Å²) >= 11 is 0. The molecule has 5 rings (SSSR count). The summed E-state index contributed by atoms with van der Waals surface area (Å²) in [5.41, 5.74) is 4.60. The predicted octanol–water partition coefficient (Wildman–Crippen LogP) is 5.59. The van der Waals surface area contributed by atoms with Crippen LogP contribution in [0.2, 0.25) is 0 Å². The summed E-state index contributed by atoms with van der Waals surface area (Å²) in [4.78, 5) is 31.6. The number of para-hydroxylation sites is 1. The number of nitrogens with zero attached hydrogens (tertiary/aromatic N) is 2. The van der Waals surface area contributed by atoms with Crippen molar-refractivity contribution in [1.82, 2.24) is 4.98 Å². The highest BCUT2D eigenvalue weighted by Gasteiger charge is 2.37. The first kappa shape index (κ1) is 18.3. The largest absolute Gasteiger partial charge is 0.436 e. The lowest BCUT2D eigenvalue weighted by Crippen LogP contribution is -2.29. The lowest BCUT2D eigenvalue weighted by Gasteiger charge is -2.18. The summed E-state index contributed by atoms with van der Waals surface area (Å²) in [6, 6.07) is 20.1. The maximum absolute atomic E-state index is 13.0. The van der Waals surface area contributed by atoms with Gasteiger partial charge in [0.05, 0.1) is 16.8 Å². The Morgan fingerprint density at radius 1 is 0.833 bits per heavy atom. The van der Waals surface area contributed by atoms with E-state index in [0.29, 0.717) is 33.9 Å². The quantitative estimate of drug-likeness (QED) is 0.414. The maximum atomic E-state index is 13.0. The van der Waals surface area contributed by atoms with Crippen molar-refractivity contribution in [3.63, 3.8) is 0 Å². The third kappa shape index (κ3) is 2.82. The number of carbonyl (C=O) groups excluding carboxylic acids is 2. The summed E-state index contributed by atoms with van der Waals surface area (Å²) < 4.78 is 5.93. The molecular formula is C25H20N2O3. The van der Waals surface area contributed by atoms with Crippen molar-refractivity contribution in [2.45, 2.75) is 26.2 Å². The van der Waals surface area contributed by atoms with Crippen LogP contribution in [0.15, 0.2) is 71.1 Å². The molecule has 1 aliphatic heterocycles. The molecule has 0 bridgehead atoms. The molecule has 0 unspecified atom stereocenters. The molecule has 3 aromatic carbocycles. The number of imide groups is 1. The van der Waals surface area contributed by atoms with Gasteiger partial charge in [-0.15, -0.1) is 0 Å². The van der Waals surface area contributed by atoms with Crippen LogP contribution >= 0.6 is 0 Å². The normalized spacial score (nSPS) is 13.9. The molecule has 5 nitrogen and oxygen atoms in total. The number of oxazole rings is 1. The van der Waals surface area contributed by atoms with Gasteiger partial charge in [0.2, 0.25) is 5.89 Å². The average Bonchev–Trinajstić information content (AvgIpc) is 3.26. The number of rotatable bonds is 2. The SMILES string of the molecule is CC(C)(C)c1ccc2oc(-c3ccc4c(c3)C(=O)N(c3ccccc3)C4=O)nc2c1. The number of anilines is 1. The highest BCUT2D eigenvalue weighted by atomic mass is 16.3. The Bertz CT molecular complexity index is 1310. The van der Waals surface area contributed by atoms with Gasteiger partial charge in [0.15, 0.2) is 5.58 Å². The van der Waals surface area contributed by atoms with E-state index in [4.69, 9.17) is 4.42 Å². The molecule has 0 fully saturated rings. The second-order valence-corrected chi connectivity index (χ2v) is 8.49. The van der Waals surface area contributed by atoms with Gasteiger partial charge < -0.3 is 4.42 Å². The molecular weight excluding hydrogens is 376 g/mol. The van der Waals surface area contributed by atoms with Gasteiger partial charge in [-0.25, -0.2) is 9.88 Å². The lowest BCUT2D eigenvalue weighted by molar-refractivity contribution is 0.0926. The number of aromatic nitrogens is 1. The summed E-state index contributed by atoms with van der Waals surface area (Å²) in [7, 11) is 0. The van der Waals surface area contributed by atoms with Gasteiger partial charge in [-0.2, -0.15) is 0 Å². The molecule has 0 N–H and O–H groups in total. The minimum atomic E-state index is -0.339. The Hall–Kier alpha value is -3.73. The highest BCUT2D eigenvalue weighted by molar-refractivity contribution is 6.34. The first-order valence-corrected chi connectivity index (χ1v) is 9.82. The van der Waals surface area contributed by atoms with Gasteiger partial charge in [0, 0.05) is 5.56 Å². The zero-order valence-electron chi connectivity index (χ0n) is 17.0. The molecule has 1 aliphatic rings. The lowest BCUT2D eigenvalue weighted by atomic mass is 9.87. The van der Waals surface area contributed by atoms with Crippen molar-refractivity contribution in [2.24, 2.45) is 0 Å². The second-order valence-electron chi connectivity index (χ2n) is 8.49. The van der Waals surface area contributed by atoms with E-state index >= 15 is 0 Å². The van der Waals surface area contributed by atoms with Crippen LogP contribution in [-0.2, 0) is 5.41 Å². The monoisotopic (exact) mass is 396 g/mol. The van der Waals surface area contributed by atoms with Crippen LogP contribution < -0.4 is 4.90 Å². The van der Waals surface area contributed by atoms with E-state index in [2.05, 4.69) is 25.8 Å². The Balaban J connectivity index is 1.55. The van der Waals surface area contributed by atoms with Gasteiger partial charge in [-0.05, 0) is 53.4 Å². The van der Waals surface area contributed by atoms with Crippen molar-refractivity contribution >= 4 is 28.6 Å². The molecule has 0 radical (unpaired) electrons. The molecule has 0 spiro atoms. The molecule has 2 heterocycles. The van der Waals surface area contributed by atoms with Gasteiger partial charge in [-0.1, -0.05) is 45.0 Å². The summed E-state index contributed by atoms with van der Waals surface area (Å²) in [6.45, 7) is 6.45. The number of hydrogen-bond donors (Lipinski definition) is 0. The van der Waals surface area contributed by atoms with Crippen molar-refractivity contribution in [3.05, 3.63) is 83.4 Å². The van der Waals surface area contributed by atoms with Gasteiger partial charge in [0.1, 0.15) is 5.52 Å². The first-order valence-electron chi connectivity index (χ1n) is 9.82. The van der Waals surface area contributed by atoms with Crippen LogP contribution in [0.4, 0.5) is 5.69 Å². The second kappa shape index (κ2) is 6.39. The molecule has 2 amide bonds. The Morgan fingerprint density at radius 2 is 1.57 bits per heavy atom. The van der Waals surface area contributed by atoms with E-state index in [-0.39, 0.29) is 17.2 Å². The zero-order chi connectivity index (χ0) is 21.0. The number of carbonyl (C=O) groups is 2.